The van der Waals surface area contributed by atoms with Crippen LogP contribution in [0.15, 0.2) is 0 Å². The summed E-state index contributed by atoms with van der Waals surface area (Å²) in [4.78, 5) is 0. The molecule has 1 aliphatic heterocycles. The number of hydrogen-bond acceptors (Lipinski definition) is 3. The summed E-state index contributed by atoms with van der Waals surface area (Å²) >= 11 is 6.75. The van der Waals surface area contributed by atoms with Crippen LogP contribution < -0.4 is 0 Å². The van der Waals surface area contributed by atoms with E-state index in [0.29, 0.717) is 5.41 Å². The van der Waals surface area contributed by atoms with E-state index in [4.69, 9.17) is 4.74 Å². The van der Waals surface area contributed by atoms with E-state index in [2.05, 4.69) is 24.4 Å². The van der Waals surface area contributed by atoms with Gasteiger partial charge in [-0.15, -0.1) is 0 Å². The summed E-state index contributed by atoms with van der Waals surface area (Å²) in [6.45, 7) is 1.96. The molecule has 0 aromatic heterocycles. The van der Waals surface area contributed by atoms with Gasteiger partial charge < -0.3 is 4.74 Å². The molecular weight excluding hydrogens is 224 g/mol. The van der Waals surface area contributed by atoms with Gasteiger partial charge in [-0.1, -0.05) is 12.8 Å². The third-order valence-corrected chi connectivity index (χ3v) is 6.19. The van der Waals surface area contributed by atoms with Crippen LogP contribution in [0.5, 0.6) is 0 Å². The van der Waals surface area contributed by atoms with E-state index < -0.39 is 0 Å². The summed E-state index contributed by atoms with van der Waals surface area (Å²) in [6, 6.07) is 0. The second-order valence-electron chi connectivity index (χ2n) is 4.99. The predicted molar refractivity (Wildman–Crippen MR) is 71.1 cm³/mol. The van der Waals surface area contributed by atoms with Crippen LogP contribution >= 0.6 is 24.4 Å². The summed E-state index contributed by atoms with van der Waals surface area (Å²) in [5.41, 5.74) is 0.575. The molecule has 0 amide bonds. The molecule has 0 bridgehead atoms. The van der Waals surface area contributed by atoms with Crippen molar-refractivity contribution in [2.75, 3.05) is 24.7 Å². The Balaban J connectivity index is 1.75. The Kier molecular flexibility index (Phi) is 4.71. The average Bonchev–Trinajstić information content (AvgIpc) is 2.77. The molecule has 0 unspecified atom stereocenters. The molecule has 15 heavy (non-hydrogen) atoms. The molecule has 2 rings (SSSR count). The van der Waals surface area contributed by atoms with Crippen LogP contribution in [-0.2, 0) is 4.74 Å². The Morgan fingerprint density at radius 1 is 1.20 bits per heavy atom. The summed E-state index contributed by atoms with van der Waals surface area (Å²) in [7, 11) is 0. The Morgan fingerprint density at radius 3 is 2.47 bits per heavy atom. The minimum Gasteiger partial charge on any atom is -0.381 e. The Morgan fingerprint density at radius 2 is 1.87 bits per heavy atom. The second-order valence-corrected chi connectivity index (χ2v) is 6.59. The first-order valence-electron chi connectivity index (χ1n) is 6.15. The van der Waals surface area contributed by atoms with Crippen LogP contribution in [0.4, 0.5) is 0 Å². The molecule has 1 saturated heterocycles. The Labute approximate surface area is 103 Å². The largest absolute Gasteiger partial charge is 0.381 e. The molecule has 1 heterocycles. The number of rotatable bonds is 4. The van der Waals surface area contributed by atoms with Gasteiger partial charge >= 0.3 is 0 Å². The lowest BCUT2D eigenvalue weighted by Crippen LogP contribution is -2.25. The minimum absolute atomic E-state index is 0.575. The first-order chi connectivity index (χ1) is 7.35. The third-order valence-electron chi connectivity index (χ3n) is 3.79. The lowest BCUT2D eigenvalue weighted by atomic mass is 9.91. The van der Waals surface area contributed by atoms with Crippen molar-refractivity contribution >= 4 is 24.4 Å². The van der Waals surface area contributed by atoms with Crippen molar-refractivity contribution in [3.05, 3.63) is 0 Å². The summed E-state index contributed by atoms with van der Waals surface area (Å²) in [5, 5.41) is 0.858. The van der Waals surface area contributed by atoms with E-state index >= 15 is 0 Å². The third kappa shape index (κ3) is 3.31. The maximum atomic E-state index is 5.39. The summed E-state index contributed by atoms with van der Waals surface area (Å²) in [6.07, 6.45) is 8.18. The molecule has 0 N–H and O–H groups in total. The zero-order chi connectivity index (χ0) is 10.6. The van der Waals surface area contributed by atoms with Crippen LogP contribution in [0.1, 0.15) is 38.5 Å². The van der Waals surface area contributed by atoms with Crippen molar-refractivity contribution in [1.29, 1.82) is 0 Å². The lowest BCUT2D eigenvalue weighted by Gasteiger charge is -2.30. The second kappa shape index (κ2) is 5.83. The molecule has 0 aromatic carbocycles. The molecule has 2 aliphatic rings. The fourth-order valence-electron chi connectivity index (χ4n) is 2.61. The van der Waals surface area contributed by atoms with Crippen molar-refractivity contribution in [2.24, 2.45) is 5.41 Å². The SMILES string of the molecule is SCC1(CSC2CCOCC2)CCCC1. The standard InChI is InChI=1S/C12H22OS2/c14-9-12(5-1-2-6-12)10-15-11-3-7-13-8-4-11/h11,14H,1-10H2. The molecule has 2 fully saturated rings. The van der Waals surface area contributed by atoms with Crippen LogP contribution in [0, 0.1) is 5.41 Å². The maximum Gasteiger partial charge on any atom is 0.0476 e. The van der Waals surface area contributed by atoms with Gasteiger partial charge in [-0.2, -0.15) is 24.4 Å². The minimum atomic E-state index is 0.575. The molecule has 1 aliphatic carbocycles. The highest BCUT2D eigenvalue weighted by Gasteiger charge is 2.33. The summed E-state index contributed by atoms with van der Waals surface area (Å²) in [5.74, 6) is 2.42. The van der Waals surface area contributed by atoms with E-state index in [9.17, 15) is 0 Å². The molecule has 3 heteroatoms. The van der Waals surface area contributed by atoms with Gasteiger partial charge in [0.1, 0.15) is 0 Å². The molecule has 1 saturated carbocycles. The number of hydrogen-bond donors (Lipinski definition) is 1. The predicted octanol–water partition coefficient (Wildman–Crippen LogP) is 3.39. The summed E-state index contributed by atoms with van der Waals surface area (Å²) < 4.78 is 5.39. The highest BCUT2D eigenvalue weighted by Crippen LogP contribution is 2.43. The van der Waals surface area contributed by atoms with Crippen molar-refractivity contribution in [3.8, 4) is 0 Å². The maximum absolute atomic E-state index is 5.39. The quantitative estimate of drug-likeness (QED) is 0.762. The van der Waals surface area contributed by atoms with Gasteiger partial charge in [-0.05, 0) is 42.6 Å². The monoisotopic (exact) mass is 246 g/mol. The van der Waals surface area contributed by atoms with Gasteiger partial charge in [0.15, 0.2) is 0 Å². The molecule has 0 radical (unpaired) electrons. The van der Waals surface area contributed by atoms with E-state index in [0.717, 1.165) is 24.2 Å². The molecule has 1 nitrogen and oxygen atoms in total. The van der Waals surface area contributed by atoms with Crippen molar-refractivity contribution in [3.63, 3.8) is 0 Å². The molecular formula is C12H22OS2. The van der Waals surface area contributed by atoms with Crippen LogP contribution in [0.3, 0.4) is 0 Å². The zero-order valence-corrected chi connectivity index (χ0v) is 11.1. The first kappa shape index (κ1) is 12.1. The fraction of sp³-hybridized carbons (Fsp3) is 1.00. The van der Waals surface area contributed by atoms with Crippen molar-refractivity contribution in [2.45, 2.75) is 43.8 Å². The van der Waals surface area contributed by atoms with Gasteiger partial charge in [-0.25, -0.2) is 0 Å². The number of ether oxygens (including phenoxy) is 1. The average molecular weight is 246 g/mol. The zero-order valence-electron chi connectivity index (χ0n) is 9.41. The number of thiol groups is 1. The van der Waals surface area contributed by atoms with Gasteiger partial charge in [-0.3, -0.25) is 0 Å². The molecule has 0 spiro atoms. The van der Waals surface area contributed by atoms with E-state index in [1.807, 2.05) is 0 Å². The molecule has 88 valence electrons. The van der Waals surface area contributed by atoms with E-state index in [-0.39, 0.29) is 0 Å². The first-order valence-corrected chi connectivity index (χ1v) is 7.83. The topological polar surface area (TPSA) is 9.23 Å². The van der Waals surface area contributed by atoms with Gasteiger partial charge in [0.05, 0.1) is 0 Å². The highest BCUT2D eigenvalue weighted by molar-refractivity contribution is 7.99. The smallest absolute Gasteiger partial charge is 0.0476 e. The van der Waals surface area contributed by atoms with Gasteiger partial charge in [0, 0.05) is 18.5 Å². The highest BCUT2D eigenvalue weighted by atomic mass is 32.2. The van der Waals surface area contributed by atoms with Crippen molar-refractivity contribution in [1.82, 2.24) is 0 Å². The molecule has 0 aromatic rings. The van der Waals surface area contributed by atoms with Gasteiger partial charge in [0.2, 0.25) is 0 Å². The Hall–Kier alpha value is 0.660. The van der Waals surface area contributed by atoms with E-state index in [1.54, 1.807) is 0 Å². The normalized spacial score (nSPS) is 27.0. The van der Waals surface area contributed by atoms with Crippen LogP contribution in [0.25, 0.3) is 0 Å². The van der Waals surface area contributed by atoms with Gasteiger partial charge in [0.25, 0.3) is 0 Å². The number of thioether (sulfide) groups is 1. The van der Waals surface area contributed by atoms with Crippen LogP contribution in [-0.4, -0.2) is 30.0 Å². The Bertz CT molecular complexity index is 184. The van der Waals surface area contributed by atoms with Crippen LogP contribution in [0.2, 0.25) is 0 Å². The fourth-order valence-corrected chi connectivity index (χ4v) is 4.70. The van der Waals surface area contributed by atoms with E-state index in [1.165, 1.54) is 44.3 Å². The lowest BCUT2D eigenvalue weighted by molar-refractivity contribution is 0.0999. The van der Waals surface area contributed by atoms with Crippen molar-refractivity contribution < 1.29 is 4.74 Å². The molecule has 0 atom stereocenters.